The van der Waals surface area contributed by atoms with Crippen molar-refractivity contribution in [3.8, 4) is 0 Å². The Morgan fingerprint density at radius 3 is 0.875 bits per heavy atom. The van der Waals surface area contributed by atoms with Crippen molar-refractivity contribution in [2.45, 2.75) is 128 Å². The molecule has 0 heteroatoms. The number of hydrogen-bond acceptors (Lipinski definition) is 0. The van der Waals surface area contributed by atoms with Crippen molar-refractivity contribution in [2.24, 2.45) is 0 Å². The van der Waals surface area contributed by atoms with E-state index in [0.717, 1.165) is 12.8 Å². The zero-order valence-electron chi connectivity index (χ0n) is 16.7. The van der Waals surface area contributed by atoms with Gasteiger partial charge in [0.2, 0.25) is 0 Å². The molecule has 0 saturated carbocycles. The van der Waals surface area contributed by atoms with E-state index in [1.807, 2.05) is 0 Å². The topological polar surface area (TPSA) is 0 Å². The molecule has 0 amide bonds. The number of unbranched alkanes of at least 4 members (excludes halogenated alkanes) is 18. The minimum absolute atomic E-state index is 1.11. The van der Waals surface area contributed by atoms with Crippen LogP contribution in [-0.2, 0) is 0 Å². The number of hydrogen-bond donors (Lipinski definition) is 0. The maximum absolute atomic E-state index is 3.90. The summed E-state index contributed by atoms with van der Waals surface area (Å²) >= 11 is 0. The van der Waals surface area contributed by atoms with Crippen molar-refractivity contribution < 1.29 is 0 Å². The third-order valence-electron chi connectivity index (χ3n) is 4.91. The summed E-state index contributed by atoms with van der Waals surface area (Å²) in [6.07, 6.45) is 32.2. The standard InChI is InChI=1S/C24H46/c1-3-5-7-9-11-13-15-17-19-21-23-24-22-20-18-16-14-12-10-8-6-4-2/h23-24H,1-22H2/b24-23+. The second-order valence-corrected chi connectivity index (χ2v) is 7.41. The molecule has 0 heterocycles. The molecule has 0 rings (SSSR count). The highest BCUT2D eigenvalue weighted by Gasteiger charge is 1.92. The van der Waals surface area contributed by atoms with Gasteiger partial charge in [0.1, 0.15) is 0 Å². The molecule has 0 bridgehead atoms. The van der Waals surface area contributed by atoms with Gasteiger partial charge < -0.3 is 0 Å². The van der Waals surface area contributed by atoms with Crippen LogP contribution in [0.2, 0.25) is 0 Å². The van der Waals surface area contributed by atoms with Gasteiger partial charge in [-0.3, -0.25) is 0 Å². The van der Waals surface area contributed by atoms with Gasteiger partial charge in [-0.25, -0.2) is 0 Å². The van der Waals surface area contributed by atoms with Gasteiger partial charge in [-0.1, -0.05) is 129 Å². The van der Waals surface area contributed by atoms with E-state index < -0.39 is 0 Å². The summed E-state index contributed by atoms with van der Waals surface area (Å²) in [6.45, 7) is 7.79. The molecule has 0 aromatic heterocycles. The predicted octanol–water partition coefficient (Wildman–Crippen LogP) is 9.01. The Balaban J connectivity index is 3.04. The maximum Gasteiger partial charge on any atom is -0.0351 e. The van der Waals surface area contributed by atoms with Gasteiger partial charge >= 0.3 is 0 Å². The zero-order chi connectivity index (χ0) is 17.6. The first kappa shape index (κ1) is 23.7. The average Bonchev–Trinajstić information content (AvgIpc) is 2.60. The Kier molecular flexibility index (Phi) is 22.5. The summed E-state index contributed by atoms with van der Waals surface area (Å²) in [5, 5.41) is 0. The van der Waals surface area contributed by atoms with Gasteiger partial charge in [0.05, 0.1) is 0 Å². The molecule has 0 atom stereocenters. The Bertz CT molecular complexity index is 204. The lowest BCUT2D eigenvalue weighted by Crippen LogP contribution is -1.81. The van der Waals surface area contributed by atoms with E-state index in [2.05, 4.69) is 26.0 Å². The van der Waals surface area contributed by atoms with Crippen molar-refractivity contribution in [1.82, 2.24) is 0 Å². The fraction of sp³-hybridized carbons (Fsp3) is 0.833. The van der Waals surface area contributed by atoms with Gasteiger partial charge in [-0.15, -0.1) is 0 Å². The summed E-state index contributed by atoms with van der Waals surface area (Å²) in [7, 11) is 0. The molecule has 0 spiro atoms. The van der Waals surface area contributed by atoms with E-state index in [0.29, 0.717) is 0 Å². The quantitative estimate of drug-likeness (QED) is 0.154. The molecular weight excluding hydrogens is 288 g/mol. The monoisotopic (exact) mass is 334 g/mol. The van der Waals surface area contributed by atoms with Crippen LogP contribution >= 0.6 is 0 Å². The molecule has 0 saturated heterocycles. The van der Waals surface area contributed by atoms with Crippen molar-refractivity contribution in [3.05, 3.63) is 26.0 Å². The third-order valence-corrected chi connectivity index (χ3v) is 4.91. The van der Waals surface area contributed by atoms with Crippen LogP contribution in [0.3, 0.4) is 0 Å². The molecule has 24 heavy (non-hydrogen) atoms. The zero-order valence-corrected chi connectivity index (χ0v) is 16.7. The Morgan fingerprint density at radius 1 is 0.333 bits per heavy atom. The molecule has 142 valence electrons. The van der Waals surface area contributed by atoms with Gasteiger partial charge in [-0.2, -0.15) is 0 Å². The smallest absolute Gasteiger partial charge is 0.0351 e. The largest absolute Gasteiger partial charge is 0.0885 e. The highest BCUT2D eigenvalue weighted by atomic mass is 14.0. The molecule has 0 aliphatic rings. The van der Waals surface area contributed by atoms with E-state index in [1.54, 1.807) is 0 Å². The maximum atomic E-state index is 3.90. The van der Waals surface area contributed by atoms with Crippen LogP contribution in [0, 0.1) is 13.8 Å². The molecule has 0 aliphatic heterocycles. The van der Waals surface area contributed by atoms with E-state index >= 15 is 0 Å². The molecule has 0 unspecified atom stereocenters. The molecule has 0 aromatic rings. The summed E-state index contributed by atoms with van der Waals surface area (Å²) in [6, 6.07) is 0. The second-order valence-electron chi connectivity index (χ2n) is 7.41. The molecule has 2 radical (unpaired) electrons. The van der Waals surface area contributed by atoms with Gasteiger partial charge in [0, 0.05) is 0 Å². The van der Waals surface area contributed by atoms with Crippen LogP contribution in [0.5, 0.6) is 0 Å². The minimum atomic E-state index is 1.11. The minimum Gasteiger partial charge on any atom is -0.0885 e. The van der Waals surface area contributed by atoms with Crippen LogP contribution in [0.1, 0.15) is 128 Å². The SMILES string of the molecule is [CH2]CCCCCCCCCC/C=C/CCCCCCCCCC[CH2]. The summed E-state index contributed by atoms with van der Waals surface area (Å²) < 4.78 is 0. The first-order chi connectivity index (χ1) is 11.9. The second kappa shape index (κ2) is 22.7. The number of allylic oxidation sites excluding steroid dienone is 2. The highest BCUT2D eigenvalue weighted by molar-refractivity contribution is 4.81. The van der Waals surface area contributed by atoms with E-state index in [4.69, 9.17) is 0 Å². The molecule has 0 nitrogen and oxygen atoms in total. The van der Waals surface area contributed by atoms with Crippen molar-refractivity contribution in [1.29, 1.82) is 0 Å². The summed E-state index contributed by atoms with van der Waals surface area (Å²) in [5.41, 5.74) is 0. The van der Waals surface area contributed by atoms with Crippen molar-refractivity contribution in [3.63, 3.8) is 0 Å². The fourth-order valence-corrected chi connectivity index (χ4v) is 3.23. The number of rotatable bonds is 20. The van der Waals surface area contributed by atoms with E-state index in [1.165, 1.54) is 116 Å². The molecular formula is C24H46. The first-order valence-electron chi connectivity index (χ1n) is 11.1. The molecule has 0 fully saturated rings. The predicted molar refractivity (Wildman–Crippen MR) is 112 cm³/mol. The lowest BCUT2D eigenvalue weighted by atomic mass is 10.1. The van der Waals surface area contributed by atoms with Crippen LogP contribution in [0.15, 0.2) is 12.2 Å². The van der Waals surface area contributed by atoms with E-state index in [-0.39, 0.29) is 0 Å². The molecule has 0 aliphatic carbocycles. The van der Waals surface area contributed by atoms with Crippen LogP contribution in [0.4, 0.5) is 0 Å². The van der Waals surface area contributed by atoms with Gasteiger partial charge in [0.25, 0.3) is 0 Å². The van der Waals surface area contributed by atoms with Crippen molar-refractivity contribution in [2.75, 3.05) is 0 Å². The Morgan fingerprint density at radius 2 is 0.583 bits per heavy atom. The molecule has 0 aromatic carbocycles. The molecule has 0 N–H and O–H groups in total. The van der Waals surface area contributed by atoms with E-state index in [9.17, 15) is 0 Å². The average molecular weight is 335 g/mol. The summed E-state index contributed by atoms with van der Waals surface area (Å²) in [4.78, 5) is 0. The van der Waals surface area contributed by atoms with Crippen molar-refractivity contribution >= 4 is 0 Å². The fourth-order valence-electron chi connectivity index (χ4n) is 3.23. The van der Waals surface area contributed by atoms with Gasteiger partial charge in [0.15, 0.2) is 0 Å². The Labute approximate surface area is 154 Å². The Hall–Kier alpha value is -0.260. The normalized spacial score (nSPS) is 11.6. The lowest BCUT2D eigenvalue weighted by Gasteiger charge is -2.01. The third kappa shape index (κ3) is 21.7. The van der Waals surface area contributed by atoms with Crippen LogP contribution < -0.4 is 0 Å². The van der Waals surface area contributed by atoms with Crippen LogP contribution in [-0.4, -0.2) is 0 Å². The highest BCUT2D eigenvalue weighted by Crippen LogP contribution is 2.12. The summed E-state index contributed by atoms with van der Waals surface area (Å²) in [5.74, 6) is 0. The lowest BCUT2D eigenvalue weighted by molar-refractivity contribution is 0.568. The van der Waals surface area contributed by atoms with Crippen LogP contribution in [0.25, 0.3) is 0 Å². The first-order valence-corrected chi connectivity index (χ1v) is 11.1. The van der Waals surface area contributed by atoms with Gasteiger partial charge in [-0.05, 0) is 25.7 Å².